The molecule has 0 amide bonds. The first-order valence-electron chi connectivity index (χ1n) is 8.33. The molecule has 1 aromatic rings. The Morgan fingerprint density at radius 2 is 2.05 bits per heavy atom. The number of likely N-dealkylation sites (tertiary alicyclic amines) is 1. The van der Waals surface area contributed by atoms with Crippen LogP contribution in [0.3, 0.4) is 0 Å². The van der Waals surface area contributed by atoms with Crippen LogP contribution in [0.15, 0.2) is 6.07 Å². The molecule has 0 spiro atoms. The molecule has 1 aliphatic carbocycles. The highest BCUT2D eigenvalue weighted by Crippen LogP contribution is 2.39. The Balaban J connectivity index is 1.55. The smallest absolute Gasteiger partial charge is 0.218 e. The van der Waals surface area contributed by atoms with Gasteiger partial charge in [0.2, 0.25) is 5.88 Å². The van der Waals surface area contributed by atoms with E-state index in [0.717, 1.165) is 30.6 Å². The van der Waals surface area contributed by atoms with Gasteiger partial charge in [0.25, 0.3) is 0 Å². The normalized spacial score (nSPS) is 19.5. The van der Waals surface area contributed by atoms with Crippen LogP contribution in [0.5, 0.6) is 5.88 Å². The van der Waals surface area contributed by atoms with Crippen molar-refractivity contribution in [1.29, 1.82) is 0 Å². The summed E-state index contributed by atoms with van der Waals surface area (Å²) < 4.78 is 5.88. The SMILES string of the molecule is CCNc1cc(OCCN2CCCCC2)nc(C2CC2)n1. The van der Waals surface area contributed by atoms with Gasteiger partial charge in [-0.25, -0.2) is 4.98 Å². The predicted octanol–water partition coefficient (Wildman–Crippen LogP) is 2.65. The molecule has 2 heterocycles. The van der Waals surface area contributed by atoms with Gasteiger partial charge in [-0.05, 0) is 45.7 Å². The fourth-order valence-corrected chi connectivity index (χ4v) is 2.77. The number of piperidine rings is 1. The number of nitrogens with zero attached hydrogens (tertiary/aromatic N) is 3. The Morgan fingerprint density at radius 3 is 2.76 bits per heavy atom. The van der Waals surface area contributed by atoms with Gasteiger partial charge < -0.3 is 10.1 Å². The molecule has 2 fully saturated rings. The van der Waals surface area contributed by atoms with Gasteiger partial charge in [0.05, 0.1) is 0 Å². The molecule has 21 heavy (non-hydrogen) atoms. The summed E-state index contributed by atoms with van der Waals surface area (Å²) in [4.78, 5) is 11.6. The maximum Gasteiger partial charge on any atom is 0.218 e. The first kappa shape index (κ1) is 14.6. The maximum absolute atomic E-state index is 5.88. The first-order valence-corrected chi connectivity index (χ1v) is 8.33. The third-order valence-corrected chi connectivity index (χ3v) is 4.13. The van der Waals surface area contributed by atoms with Gasteiger partial charge in [0.1, 0.15) is 18.2 Å². The lowest BCUT2D eigenvalue weighted by atomic mass is 10.1. The van der Waals surface area contributed by atoms with Crippen LogP contribution < -0.4 is 10.1 Å². The zero-order valence-electron chi connectivity index (χ0n) is 13.0. The topological polar surface area (TPSA) is 50.3 Å². The van der Waals surface area contributed by atoms with Crippen molar-refractivity contribution >= 4 is 5.82 Å². The summed E-state index contributed by atoms with van der Waals surface area (Å²) in [6.45, 7) is 7.09. The van der Waals surface area contributed by atoms with E-state index in [4.69, 9.17) is 4.74 Å². The fraction of sp³-hybridized carbons (Fsp3) is 0.750. The molecule has 0 bridgehead atoms. The van der Waals surface area contributed by atoms with E-state index < -0.39 is 0 Å². The molecule has 1 saturated carbocycles. The summed E-state index contributed by atoms with van der Waals surface area (Å²) in [6.07, 6.45) is 6.44. The summed E-state index contributed by atoms with van der Waals surface area (Å²) in [5.74, 6) is 3.11. The molecule has 0 radical (unpaired) electrons. The summed E-state index contributed by atoms with van der Waals surface area (Å²) >= 11 is 0. The number of aromatic nitrogens is 2. The number of hydrogen-bond acceptors (Lipinski definition) is 5. The van der Waals surface area contributed by atoms with E-state index in [0.29, 0.717) is 12.5 Å². The molecule has 3 rings (SSSR count). The first-order chi connectivity index (χ1) is 10.3. The van der Waals surface area contributed by atoms with Crippen molar-refractivity contribution in [3.8, 4) is 5.88 Å². The van der Waals surface area contributed by atoms with E-state index in [1.165, 1.54) is 45.2 Å². The van der Waals surface area contributed by atoms with Crippen molar-refractivity contribution in [1.82, 2.24) is 14.9 Å². The number of nitrogens with one attached hydrogen (secondary N) is 1. The Hall–Kier alpha value is -1.36. The van der Waals surface area contributed by atoms with E-state index in [1.54, 1.807) is 0 Å². The van der Waals surface area contributed by atoms with Crippen molar-refractivity contribution < 1.29 is 4.74 Å². The average molecular weight is 290 g/mol. The van der Waals surface area contributed by atoms with Crippen LogP contribution >= 0.6 is 0 Å². The summed E-state index contributed by atoms with van der Waals surface area (Å²) in [6, 6.07) is 1.92. The Bertz CT molecular complexity index is 456. The minimum atomic E-state index is 0.549. The fourth-order valence-electron chi connectivity index (χ4n) is 2.77. The monoisotopic (exact) mass is 290 g/mol. The summed E-state index contributed by atoms with van der Waals surface area (Å²) in [5.41, 5.74) is 0. The van der Waals surface area contributed by atoms with Crippen LogP contribution in [0.2, 0.25) is 0 Å². The highest BCUT2D eigenvalue weighted by atomic mass is 16.5. The number of anilines is 1. The van der Waals surface area contributed by atoms with E-state index in [9.17, 15) is 0 Å². The third-order valence-electron chi connectivity index (χ3n) is 4.13. The molecule has 116 valence electrons. The van der Waals surface area contributed by atoms with Crippen molar-refractivity contribution in [2.45, 2.75) is 44.9 Å². The van der Waals surface area contributed by atoms with Gasteiger partial charge in [-0.15, -0.1) is 0 Å². The van der Waals surface area contributed by atoms with Crippen LogP contribution in [0, 0.1) is 0 Å². The second-order valence-corrected chi connectivity index (χ2v) is 6.00. The van der Waals surface area contributed by atoms with E-state index >= 15 is 0 Å². The molecule has 5 nitrogen and oxygen atoms in total. The van der Waals surface area contributed by atoms with E-state index in [2.05, 4.69) is 27.1 Å². The van der Waals surface area contributed by atoms with Gasteiger partial charge in [-0.2, -0.15) is 4.98 Å². The molecule has 1 saturated heterocycles. The molecule has 1 aliphatic heterocycles. The minimum Gasteiger partial charge on any atom is -0.476 e. The second kappa shape index (κ2) is 7.07. The zero-order chi connectivity index (χ0) is 14.5. The lowest BCUT2D eigenvalue weighted by Gasteiger charge is -2.26. The molecule has 0 unspecified atom stereocenters. The zero-order valence-corrected chi connectivity index (χ0v) is 13.0. The van der Waals surface area contributed by atoms with Crippen LogP contribution in [-0.2, 0) is 0 Å². The largest absolute Gasteiger partial charge is 0.476 e. The predicted molar refractivity (Wildman–Crippen MR) is 84.0 cm³/mol. The van der Waals surface area contributed by atoms with Gasteiger partial charge in [0.15, 0.2) is 0 Å². The van der Waals surface area contributed by atoms with Gasteiger partial charge in [-0.3, -0.25) is 4.90 Å². The number of ether oxygens (including phenoxy) is 1. The third kappa shape index (κ3) is 4.30. The van der Waals surface area contributed by atoms with Crippen LogP contribution in [0.25, 0.3) is 0 Å². The van der Waals surface area contributed by atoms with Crippen LogP contribution in [-0.4, -0.2) is 47.7 Å². The van der Waals surface area contributed by atoms with Gasteiger partial charge in [-0.1, -0.05) is 6.42 Å². The highest BCUT2D eigenvalue weighted by Gasteiger charge is 2.27. The molecule has 1 N–H and O–H groups in total. The average Bonchev–Trinajstić information content (AvgIpc) is 3.33. The maximum atomic E-state index is 5.88. The van der Waals surface area contributed by atoms with Crippen LogP contribution in [0.4, 0.5) is 5.82 Å². The summed E-state index contributed by atoms with van der Waals surface area (Å²) in [7, 11) is 0. The highest BCUT2D eigenvalue weighted by molar-refractivity contribution is 5.39. The molecule has 5 heteroatoms. The van der Waals surface area contributed by atoms with Crippen molar-refractivity contribution in [3.63, 3.8) is 0 Å². The summed E-state index contributed by atoms with van der Waals surface area (Å²) in [5, 5.41) is 3.27. The number of rotatable bonds is 7. The molecular weight excluding hydrogens is 264 g/mol. The van der Waals surface area contributed by atoms with E-state index in [-0.39, 0.29) is 0 Å². The van der Waals surface area contributed by atoms with Crippen molar-refractivity contribution in [2.24, 2.45) is 0 Å². The Kier molecular flexibility index (Phi) is 4.91. The van der Waals surface area contributed by atoms with Crippen molar-refractivity contribution in [2.75, 3.05) is 38.1 Å². The Labute approximate surface area is 127 Å². The van der Waals surface area contributed by atoms with Gasteiger partial charge in [0, 0.05) is 25.1 Å². The lowest BCUT2D eigenvalue weighted by molar-refractivity contribution is 0.180. The molecule has 1 aromatic heterocycles. The number of hydrogen-bond donors (Lipinski definition) is 1. The van der Waals surface area contributed by atoms with Gasteiger partial charge >= 0.3 is 0 Å². The second-order valence-electron chi connectivity index (χ2n) is 6.00. The molecular formula is C16H26N4O. The molecule has 2 aliphatic rings. The molecule has 0 atom stereocenters. The molecule has 0 aromatic carbocycles. The standard InChI is InChI=1S/C16H26N4O/c1-2-17-14-12-15(19-16(18-14)13-6-7-13)21-11-10-20-8-4-3-5-9-20/h12-13H,2-11H2,1H3,(H,17,18,19). The van der Waals surface area contributed by atoms with Crippen molar-refractivity contribution in [3.05, 3.63) is 11.9 Å². The quantitative estimate of drug-likeness (QED) is 0.836. The lowest BCUT2D eigenvalue weighted by Crippen LogP contribution is -2.33. The van der Waals surface area contributed by atoms with Crippen LogP contribution in [0.1, 0.15) is 50.8 Å². The minimum absolute atomic E-state index is 0.549. The van der Waals surface area contributed by atoms with E-state index in [1.807, 2.05) is 6.07 Å². The Morgan fingerprint density at radius 1 is 1.24 bits per heavy atom.